The van der Waals surface area contributed by atoms with E-state index in [9.17, 15) is 14.4 Å². The minimum absolute atomic E-state index is 0.0133. The van der Waals surface area contributed by atoms with E-state index in [0.29, 0.717) is 30.7 Å². The van der Waals surface area contributed by atoms with Crippen LogP contribution in [0.15, 0.2) is 9.95 Å². The van der Waals surface area contributed by atoms with Gasteiger partial charge in [-0.05, 0) is 44.6 Å². The van der Waals surface area contributed by atoms with Crippen molar-refractivity contribution >= 4 is 45.3 Å². The standard InChI is InChI=1S/C19H24N4O3S2/c1-4-22-17(25)14-12-6-5-10(2)9-13(12)28-15(14)21-19(22)27-11(3)16(24)23-8-7-20-18(23)26/h10-11H,4-9H2,1-3H3,(H,20,26)/t10-,11-/m0/s1. The van der Waals surface area contributed by atoms with Gasteiger partial charge < -0.3 is 5.32 Å². The number of hydrogen-bond donors (Lipinski definition) is 1. The van der Waals surface area contributed by atoms with E-state index in [1.54, 1.807) is 22.8 Å². The van der Waals surface area contributed by atoms with Crippen LogP contribution in [0, 0.1) is 5.92 Å². The second kappa shape index (κ2) is 7.51. The first-order valence-electron chi connectivity index (χ1n) is 9.71. The van der Waals surface area contributed by atoms with E-state index in [0.717, 1.165) is 29.5 Å². The first-order valence-corrected chi connectivity index (χ1v) is 11.4. The van der Waals surface area contributed by atoms with Gasteiger partial charge in [0.15, 0.2) is 5.16 Å². The molecule has 2 aromatic heterocycles. The number of fused-ring (bicyclic) bond motifs is 3. The van der Waals surface area contributed by atoms with Gasteiger partial charge in [0.1, 0.15) is 4.83 Å². The Morgan fingerprint density at radius 1 is 1.43 bits per heavy atom. The maximum absolute atomic E-state index is 13.2. The van der Waals surface area contributed by atoms with Gasteiger partial charge in [-0.3, -0.25) is 19.1 Å². The third-order valence-electron chi connectivity index (χ3n) is 5.45. The van der Waals surface area contributed by atoms with Crippen LogP contribution in [-0.2, 0) is 24.2 Å². The summed E-state index contributed by atoms with van der Waals surface area (Å²) >= 11 is 2.87. The molecule has 1 saturated heterocycles. The SMILES string of the molecule is CCn1c(S[C@@H](C)C(=O)N2CCNC2=O)nc2sc3c(c2c1=O)CC[C@H](C)C3. The fourth-order valence-corrected chi connectivity index (χ4v) is 6.34. The Balaban J connectivity index is 1.70. The summed E-state index contributed by atoms with van der Waals surface area (Å²) in [6.45, 7) is 7.28. The molecule has 2 aliphatic rings. The number of imide groups is 1. The number of urea groups is 1. The van der Waals surface area contributed by atoms with E-state index >= 15 is 0 Å². The number of amides is 3. The second-order valence-electron chi connectivity index (χ2n) is 7.46. The van der Waals surface area contributed by atoms with Crippen LogP contribution >= 0.6 is 23.1 Å². The Morgan fingerprint density at radius 3 is 2.89 bits per heavy atom. The van der Waals surface area contributed by atoms with Gasteiger partial charge in [0.05, 0.1) is 10.6 Å². The number of nitrogens with zero attached hydrogens (tertiary/aromatic N) is 3. The zero-order chi connectivity index (χ0) is 20.0. The fraction of sp³-hybridized carbons (Fsp3) is 0.579. The van der Waals surface area contributed by atoms with Crippen molar-refractivity contribution in [2.75, 3.05) is 13.1 Å². The summed E-state index contributed by atoms with van der Waals surface area (Å²) in [6, 6.07) is -0.353. The highest BCUT2D eigenvalue weighted by Crippen LogP contribution is 2.37. The molecule has 7 nitrogen and oxygen atoms in total. The lowest BCUT2D eigenvalue weighted by Crippen LogP contribution is -2.39. The van der Waals surface area contributed by atoms with Crippen molar-refractivity contribution in [3.05, 3.63) is 20.8 Å². The fourth-order valence-electron chi connectivity index (χ4n) is 3.88. The maximum Gasteiger partial charge on any atom is 0.324 e. The minimum Gasteiger partial charge on any atom is -0.336 e. The van der Waals surface area contributed by atoms with Crippen molar-refractivity contribution in [3.63, 3.8) is 0 Å². The first kappa shape index (κ1) is 19.4. The summed E-state index contributed by atoms with van der Waals surface area (Å²) in [5.74, 6) is 0.378. The first-order chi connectivity index (χ1) is 13.4. The molecule has 2 aromatic rings. The minimum atomic E-state index is -0.499. The highest BCUT2D eigenvalue weighted by atomic mass is 32.2. The molecule has 4 rings (SSSR count). The lowest BCUT2D eigenvalue weighted by Gasteiger charge is -2.19. The molecule has 3 heterocycles. The van der Waals surface area contributed by atoms with Crippen molar-refractivity contribution in [2.24, 2.45) is 5.92 Å². The molecule has 1 aliphatic heterocycles. The van der Waals surface area contributed by atoms with Crippen LogP contribution in [0.1, 0.15) is 37.6 Å². The molecule has 0 unspecified atom stereocenters. The van der Waals surface area contributed by atoms with Gasteiger partial charge in [-0.15, -0.1) is 11.3 Å². The monoisotopic (exact) mass is 420 g/mol. The smallest absolute Gasteiger partial charge is 0.324 e. The molecule has 0 saturated carbocycles. The molecule has 1 fully saturated rings. The maximum atomic E-state index is 13.2. The van der Waals surface area contributed by atoms with E-state index in [4.69, 9.17) is 4.98 Å². The number of aryl methyl sites for hydroxylation is 1. The molecular formula is C19H24N4O3S2. The highest BCUT2D eigenvalue weighted by molar-refractivity contribution is 8.00. The Bertz CT molecular complexity index is 1010. The topological polar surface area (TPSA) is 84.3 Å². The van der Waals surface area contributed by atoms with E-state index in [1.807, 2.05) is 6.92 Å². The van der Waals surface area contributed by atoms with E-state index in [2.05, 4.69) is 12.2 Å². The lowest BCUT2D eigenvalue weighted by molar-refractivity contribution is -0.126. The molecule has 3 amide bonds. The highest BCUT2D eigenvalue weighted by Gasteiger charge is 2.31. The van der Waals surface area contributed by atoms with Gasteiger partial charge in [0.25, 0.3) is 5.56 Å². The summed E-state index contributed by atoms with van der Waals surface area (Å²) in [6.07, 6.45) is 3.04. The van der Waals surface area contributed by atoms with Crippen LogP contribution in [0.4, 0.5) is 4.79 Å². The van der Waals surface area contributed by atoms with Crippen molar-refractivity contribution < 1.29 is 9.59 Å². The lowest BCUT2D eigenvalue weighted by atomic mass is 9.89. The normalized spacial score (nSPS) is 20.3. The molecule has 0 radical (unpaired) electrons. The number of aromatic nitrogens is 2. The van der Waals surface area contributed by atoms with Crippen molar-refractivity contribution in [1.29, 1.82) is 0 Å². The Morgan fingerprint density at radius 2 is 2.21 bits per heavy atom. The number of thioether (sulfide) groups is 1. The summed E-state index contributed by atoms with van der Waals surface area (Å²) in [4.78, 5) is 45.7. The number of nitrogens with one attached hydrogen (secondary N) is 1. The molecule has 0 spiro atoms. The van der Waals surface area contributed by atoms with Crippen LogP contribution in [-0.4, -0.2) is 44.7 Å². The van der Waals surface area contributed by atoms with E-state index in [-0.39, 0.29) is 17.5 Å². The molecule has 28 heavy (non-hydrogen) atoms. The molecule has 2 atom stereocenters. The molecule has 1 N–H and O–H groups in total. The zero-order valence-electron chi connectivity index (χ0n) is 16.3. The second-order valence-corrected chi connectivity index (χ2v) is 9.85. The summed E-state index contributed by atoms with van der Waals surface area (Å²) in [7, 11) is 0. The molecular weight excluding hydrogens is 396 g/mol. The predicted molar refractivity (Wildman–Crippen MR) is 111 cm³/mol. The number of carbonyl (C=O) groups is 2. The van der Waals surface area contributed by atoms with E-state index < -0.39 is 5.25 Å². The van der Waals surface area contributed by atoms with Crippen LogP contribution in [0.5, 0.6) is 0 Å². The molecule has 150 valence electrons. The predicted octanol–water partition coefficient (Wildman–Crippen LogP) is 2.64. The van der Waals surface area contributed by atoms with Gasteiger partial charge in [-0.25, -0.2) is 9.78 Å². The molecule has 9 heteroatoms. The van der Waals surface area contributed by atoms with Crippen LogP contribution in [0.3, 0.4) is 0 Å². The van der Waals surface area contributed by atoms with Crippen molar-refractivity contribution in [1.82, 2.24) is 19.8 Å². The summed E-state index contributed by atoms with van der Waals surface area (Å²) in [5, 5.41) is 3.45. The van der Waals surface area contributed by atoms with Crippen LogP contribution in [0.25, 0.3) is 10.2 Å². The number of carbonyl (C=O) groups excluding carboxylic acids is 2. The van der Waals surface area contributed by atoms with Gasteiger partial charge in [0, 0.05) is 24.5 Å². The Hall–Kier alpha value is -1.87. The van der Waals surface area contributed by atoms with Crippen LogP contribution in [0.2, 0.25) is 0 Å². The van der Waals surface area contributed by atoms with Gasteiger partial charge in [-0.2, -0.15) is 0 Å². The number of thiophene rings is 1. The van der Waals surface area contributed by atoms with Crippen LogP contribution < -0.4 is 10.9 Å². The largest absolute Gasteiger partial charge is 0.336 e. The third kappa shape index (κ3) is 3.24. The molecule has 0 bridgehead atoms. The number of rotatable bonds is 4. The quantitative estimate of drug-likeness (QED) is 0.607. The number of hydrogen-bond acceptors (Lipinski definition) is 6. The zero-order valence-corrected chi connectivity index (χ0v) is 17.9. The average molecular weight is 421 g/mol. The van der Waals surface area contributed by atoms with Gasteiger partial charge >= 0.3 is 6.03 Å². The van der Waals surface area contributed by atoms with Crippen molar-refractivity contribution in [2.45, 2.75) is 57.0 Å². The van der Waals surface area contributed by atoms with Gasteiger partial charge in [-0.1, -0.05) is 18.7 Å². The molecule has 0 aromatic carbocycles. The van der Waals surface area contributed by atoms with E-state index in [1.165, 1.54) is 27.1 Å². The summed E-state index contributed by atoms with van der Waals surface area (Å²) in [5.41, 5.74) is 1.16. The Labute approximate surface area is 171 Å². The molecule has 1 aliphatic carbocycles. The Kier molecular flexibility index (Phi) is 5.22. The van der Waals surface area contributed by atoms with Gasteiger partial charge in [0.2, 0.25) is 5.91 Å². The summed E-state index contributed by atoms with van der Waals surface area (Å²) < 4.78 is 1.66. The van der Waals surface area contributed by atoms with Crippen molar-refractivity contribution in [3.8, 4) is 0 Å². The third-order valence-corrected chi connectivity index (χ3v) is 7.68. The average Bonchev–Trinajstić information content (AvgIpc) is 3.23.